The Balaban J connectivity index is 2.33. The molecule has 0 spiro atoms. The third-order valence-electron chi connectivity index (χ3n) is 3.21. The summed E-state index contributed by atoms with van der Waals surface area (Å²) in [5, 5.41) is 8.41. The molecule has 114 valence electrons. The van der Waals surface area contributed by atoms with Crippen molar-refractivity contribution in [1.82, 2.24) is 0 Å². The van der Waals surface area contributed by atoms with Crippen LogP contribution < -0.4 is 15.4 Å². The summed E-state index contributed by atoms with van der Waals surface area (Å²) < 4.78 is 28.2. The standard InChI is InChI=1S/C14H19N3O3S/c1-10-11(6-7-20-10)9-16-13-8-12(21(15,18)19)4-5-14(13)17(2)3/h4-8,16H,9H2,1-3H3,(H2,15,18,19). The first-order chi connectivity index (χ1) is 9.79. The molecule has 0 radical (unpaired) electrons. The summed E-state index contributed by atoms with van der Waals surface area (Å²) >= 11 is 0. The van der Waals surface area contributed by atoms with Gasteiger partial charge in [-0.2, -0.15) is 0 Å². The molecule has 0 fully saturated rings. The maximum Gasteiger partial charge on any atom is 0.238 e. The van der Waals surface area contributed by atoms with E-state index in [9.17, 15) is 8.42 Å². The molecule has 0 atom stereocenters. The lowest BCUT2D eigenvalue weighted by atomic mass is 10.2. The van der Waals surface area contributed by atoms with E-state index in [4.69, 9.17) is 9.56 Å². The van der Waals surface area contributed by atoms with Gasteiger partial charge in [0.2, 0.25) is 10.0 Å². The van der Waals surface area contributed by atoms with Gasteiger partial charge in [0.05, 0.1) is 22.5 Å². The van der Waals surface area contributed by atoms with Crippen LogP contribution in [-0.4, -0.2) is 22.5 Å². The van der Waals surface area contributed by atoms with Gasteiger partial charge < -0.3 is 14.6 Å². The maximum absolute atomic E-state index is 11.5. The lowest BCUT2D eigenvalue weighted by molar-refractivity contribution is 0.530. The fourth-order valence-electron chi connectivity index (χ4n) is 2.01. The minimum Gasteiger partial charge on any atom is -0.469 e. The number of anilines is 2. The molecule has 2 aromatic rings. The van der Waals surface area contributed by atoms with Gasteiger partial charge in [-0.05, 0) is 31.2 Å². The van der Waals surface area contributed by atoms with Crippen LogP contribution in [0.25, 0.3) is 0 Å². The van der Waals surface area contributed by atoms with E-state index in [1.54, 1.807) is 18.4 Å². The van der Waals surface area contributed by atoms with Gasteiger partial charge in [0.1, 0.15) is 5.76 Å². The van der Waals surface area contributed by atoms with Gasteiger partial charge in [-0.3, -0.25) is 0 Å². The van der Waals surface area contributed by atoms with Gasteiger partial charge in [-0.25, -0.2) is 13.6 Å². The van der Waals surface area contributed by atoms with Crippen molar-refractivity contribution in [2.24, 2.45) is 5.14 Å². The minimum atomic E-state index is -3.73. The zero-order valence-electron chi connectivity index (χ0n) is 12.3. The number of primary sulfonamides is 1. The molecular weight excluding hydrogens is 290 g/mol. The number of nitrogens with zero attached hydrogens (tertiary/aromatic N) is 1. The van der Waals surface area contributed by atoms with Crippen LogP contribution in [0.2, 0.25) is 0 Å². The van der Waals surface area contributed by atoms with E-state index < -0.39 is 10.0 Å². The number of nitrogens with two attached hydrogens (primary N) is 1. The maximum atomic E-state index is 11.5. The molecule has 7 heteroatoms. The zero-order valence-corrected chi connectivity index (χ0v) is 13.1. The summed E-state index contributed by atoms with van der Waals surface area (Å²) in [7, 11) is 0.0531. The van der Waals surface area contributed by atoms with Crippen molar-refractivity contribution in [2.75, 3.05) is 24.3 Å². The number of rotatable bonds is 5. The normalized spacial score (nSPS) is 11.4. The van der Waals surface area contributed by atoms with Crippen LogP contribution in [0.3, 0.4) is 0 Å². The van der Waals surface area contributed by atoms with Crippen LogP contribution in [-0.2, 0) is 16.6 Å². The van der Waals surface area contributed by atoms with Crippen molar-refractivity contribution in [3.63, 3.8) is 0 Å². The lowest BCUT2D eigenvalue weighted by Gasteiger charge is -2.19. The highest BCUT2D eigenvalue weighted by Gasteiger charge is 2.13. The predicted molar refractivity (Wildman–Crippen MR) is 82.9 cm³/mol. The monoisotopic (exact) mass is 309 g/mol. The Morgan fingerprint density at radius 1 is 1.29 bits per heavy atom. The number of nitrogens with one attached hydrogen (secondary N) is 1. The quantitative estimate of drug-likeness (QED) is 0.881. The summed E-state index contributed by atoms with van der Waals surface area (Å²) in [5.41, 5.74) is 2.59. The molecule has 0 unspecified atom stereocenters. The number of hydrogen-bond acceptors (Lipinski definition) is 5. The van der Waals surface area contributed by atoms with Crippen molar-refractivity contribution in [1.29, 1.82) is 0 Å². The molecule has 2 rings (SSSR count). The summed E-state index contributed by atoms with van der Waals surface area (Å²) in [4.78, 5) is 1.98. The van der Waals surface area contributed by atoms with Crippen LogP contribution in [0, 0.1) is 6.92 Å². The van der Waals surface area contributed by atoms with Gasteiger partial charge in [0.15, 0.2) is 0 Å². The van der Waals surface area contributed by atoms with Gasteiger partial charge in [-0.15, -0.1) is 0 Å². The Kier molecular flexibility index (Phi) is 4.24. The van der Waals surface area contributed by atoms with E-state index in [0.29, 0.717) is 12.2 Å². The largest absolute Gasteiger partial charge is 0.469 e. The molecule has 0 aliphatic heterocycles. The molecule has 6 nitrogen and oxygen atoms in total. The second kappa shape index (κ2) is 5.79. The summed E-state index contributed by atoms with van der Waals surface area (Å²) in [6.45, 7) is 2.42. The highest BCUT2D eigenvalue weighted by Crippen LogP contribution is 2.28. The molecule has 0 aliphatic carbocycles. The van der Waals surface area contributed by atoms with Crippen molar-refractivity contribution >= 4 is 21.4 Å². The number of furan rings is 1. The third-order valence-corrected chi connectivity index (χ3v) is 4.12. The van der Waals surface area contributed by atoms with Gasteiger partial charge in [0.25, 0.3) is 0 Å². The van der Waals surface area contributed by atoms with Crippen LogP contribution in [0.15, 0.2) is 39.8 Å². The zero-order chi connectivity index (χ0) is 15.6. The van der Waals surface area contributed by atoms with E-state index in [-0.39, 0.29) is 4.90 Å². The Morgan fingerprint density at radius 2 is 2.00 bits per heavy atom. The second-order valence-corrected chi connectivity index (χ2v) is 6.54. The SMILES string of the molecule is Cc1occc1CNc1cc(S(N)(=O)=O)ccc1N(C)C. The molecule has 1 aromatic heterocycles. The highest BCUT2D eigenvalue weighted by atomic mass is 32.2. The molecule has 21 heavy (non-hydrogen) atoms. The molecular formula is C14H19N3O3S. The van der Waals surface area contributed by atoms with E-state index in [1.807, 2.05) is 32.0 Å². The van der Waals surface area contributed by atoms with Crippen molar-refractivity contribution < 1.29 is 12.8 Å². The molecule has 0 saturated carbocycles. The van der Waals surface area contributed by atoms with Crippen LogP contribution in [0.5, 0.6) is 0 Å². The number of aryl methyl sites for hydroxylation is 1. The van der Waals surface area contributed by atoms with Crippen molar-refractivity contribution in [2.45, 2.75) is 18.4 Å². The average molecular weight is 309 g/mol. The van der Waals surface area contributed by atoms with Gasteiger partial charge in [0, 0.05) is 26.2 Å². The molecule has 0 bridgehead atoms. The Labute approximate surface area is 124 Å². The number of benzene rings is 1. The topological polar surface area (TPSA) is 88.6 Å². The summed E-state index contributed by atoms with van der Waals surface area (Å²) in [5.74, 6) is 0.830. The summed E-state index contributed by atoms with van der Waals surface area (Å²) in [6.07, 6.45) is 1.62. The first-order valence-corrected chi connectivity index (χ1v) is 7.94. The first kappa shape index (κ1) is 15.4. The molecule has 3 N–H and O–H groups in total. The molecule has 1 heterocycles. The van der Waals surface area contributed by atoms with Crippen LogP contribution in [0.1, 0.15) is 11.3 Å². The Bertz CT molecular complexity index is 736. The van der Waals surface area contributed by atoms with Gasteiger partial charge in [-0.1, -0.05) is 0 Å². The van der Waals surface area contributed by atoms with E-state index in [0.717, 1.165) is 17.0 Å². The smallest absolute Gasteiger partial charge is 0.238 e. The molecule has 0 saturated heterocycles. The van der Waals surface area contributed by atoms with E-state index >= 15 is 0 Å². The molecule has 0 aliphatic rings. The van der Waals surface area contributed by atoms with Crippen LogP contribution in [0.4, 0.5) is 11.4 Å². The third kappa shape index (κ3) is 3.56. The molecule has 0 amide bonds. The number of sulfonamides is 1. The number of hydrogen-bond donors (Lipinski definition) is 2. The van der Waals surface area contributed by atoms with E-state index in [2.05, 4.69) is 5.32 Å². The second-order valence-electron chi connectivity index (χ2n) is 4.97. The summed E-state index contributed by atoms with van der Waals surface area (Å²) in [6, 6.07) is 6.64. The van der Waals surface area contributed by atoms with Crippen molar-refractivity contribution in [3.05, 3.63) is 41.9 Å². The predicted octanol–water partition coefficient (Wildman–Crippen LogP) is 1.91. The average Bonchev–Trinajstić information content (AvgIpc) is 2.80. The van der Waals surface area contributed by atoms with Crippen LogP contribution >= 0.6 is 0 Å². The van der Waals surface area contributed by atoms with Gasteiger partial charge >= 0.3 is 0 Å². The minimum absolute atomic E-state index is 0.0829. The molecule has 1 aromatic carbocycles. The fraction of sp³-hybridized carbons (Fsp3) is 0.286. The highest BCUT2D eigenvalue weighted by molar-refractivity contribution is 7.89. The van der Waals surface area contributed by atoms with Crippen molar-refractivity contribution in [3.8, 4) is 0 Å². The Hall–Kier alpha value is -1.99. The fourth-order valence-corrected chi connectivity index (χ4v) is 2.55. The first-order valence-electron chi connectivity index (χ1n) is 6.40. The Morgan fingerprint density at radius 3 is 2.52 bits per heavy atom. The van der Waals surface area contributed by atoms with E-state index in [1.165, 1.54) is 6.07 Å². The lowest BCUT2D eigenvalue weighted by Crippen LogP contribution is -2.16.